The molecule has 1 fully saturated rings. The van der Waals surface area contributed by atoms with Gasteiger partial charge in [0.15, 0.2) is 11.5 Å². The SMILES string of the molecule is Cc1c(-c2cc(C(=O)NCC[C@H]3CN(C)CCO3)no2)cnn1C. The number of nitrogens with one attached hydrogen (secondary N) is 1. The normalized spacial score (nSPS) is 18.7. The Bertz CT molecular complexity index is 708. The first kappa shape index (κ1) is 16.7. The number of aryl methyl sites for hydroxylation is 1. The van der Waals surface area contributed by atoms with Crippen molar-refractivity contribution in [1.29, 1.82) is 0 Å². The summed E-state index contributed by atoms with van der Waals surface area (Å²) in [7, 11) is 3.93. The first-order valence-corrected chi connectivity index (χ1v) is 8.08. The molecule has 0 aliphatic carbocycles. The fraction of sp³-hybridized carbons (Fsp3) is 0.562. The summed E-state index contributed by atoms with van der Waals surface area (Å²) in [5, 5.41) is 10.9. The van der Waals surface area contributed by atoms with Crippen molar-refractivity contribution in [3.63, 3.8) is 0 Å². The second-order valence-electron chi connectivity index (χ2n) is 6.14. The molecule has 1 N–H and O–H groups in total. The van der Waals surface area contributed by atoms with E-state index < -0.39 is 0 Å². The van der Waals surface area contributed by atoms with Crippen LogP contribution in [-0.2, 0) is 11.8 Å². The maximum atomic E-state index is 12.2. The Labute approximate surface area is 140 Å². The van der Waals surface area contributed by atoms with E-state index in [1.165, 1.54) is 0 Å². The Morgan fingerprint density at radius 3 is 3.00 bits per heavy atom. The lowest BCUT2D eigenvalue weighted by Crippen LogP contribution is -2.41. The maximum absolute atomic E-state index is 12.2. The Balaban J connectivity index is 1.53. The van der Waals surface area contributed by atoms with Gasteiger partial charge in [-0.3, -0.25) is 9.48 Å². The van der Waals surface area contributed by atoms with Crippen LogP contribution in [-0.4, -0.2) is 65.1 Å². The van der Waals surface area contributed by atoms with Crippen LogP contribution in [0.1, 0.15) is 22.6 Å². The van der Waals surface area contributed by atoms with Gasteiger partial charge in [0, 0.05) is 38.4 Å². The zero-order valence-corrected chi connectivity index (χ0v) is 14.3. The molecule has 24 heavy (non-hydrogen) atoms. The van der Waals surface area contributed by atoms with Gasteiger partial charge in [0.1, 0.15) is 0 Å². The lowest BCUT2D eigenvalue weighted by atomic mass is 10.2. The van der Waals surface area contributed by atoms with Gasteiger partial charge in [-0.05, 0) is 20.4 Å². The summed E-state index contributed by atoms with van der Waals surface area (Å²) in [6.45, 7) is 5.08. The van der Waals surface area contributed by atoms with Crippen LogP contribution in [0, 0.1) is 6.92 Å². The van der Waals surface area contributed by atoms with Crippen molar-refractivity contribution in [2.45, 2.75) is 19.4 Å². The highest BCUT2D eigenvalue weighted by molar-refractivity contribution is 5.93. The first-order valence-electron chi connectivity index (χ1n) is 8.08. The van der Waals surface area contributed by atoms with Crippen LogP contribution in [0.3, 0.4) is 0 Å². The smallest absolute Gasteiger partial charge is 0.273 e. The Hall–Kier alpha value is -2.19. The number of hydrogen-bond acceptors (Lipinski definition) is 6. The number of likely N-dealkylation sites (N-methyl/N-ethyl adjacent to an activating group) is 1. The molecule has 1 saturated heterocycles. The summed E-state index contributed by atoms with van der Waals surface area (Å²) in [6.07, 6.45) is 2.65. The molecule has 1 amide bonds. The number of carbonyl (C=O) groups is 1. The molecule has 1 aliphatic rings. The predicted molar refractivity (Wildman–Crippen MR) is 87.6 cm³/mol. The summed E-state index contributed by atoms with van der Waals surface area (Å²) >= 11 is 0. The zero-order valence-electron chi connectivity index (χ0n) is 14.3. The van der Waals surface area contributed by atoms with E-state index in [1.807, 2.05) is 14.0 Å². The highest BCUT2D eigenvalue weighted by Gasteiger charge is 2.19. The molecule has 3 heterocycles. The van der Waals surface area contributed by atoms with E-state index in [1.54, 1.807) is 16.9 Å². The minimum Gasteiger partial charge on any atom is -0.375 e. The minimum absolute atomic E-state index is 0.162. The largest absolute Gasteiger partial charge is 0.375 e. The second-order valence-corrected chi connectivity index (χ2v) is 6.14. The Morgan fingerprint density at radius 2 is 2.29 bits per heavy atom. The average molecular weight is 333 g/mol. The van der Waals surface area contributed by atoms with Crippen LogP contribution in [0.15, 0.2) is 16.8 Å². The third-order valence-electron chi connectivity index (χ3n) is 4.34. The first-order chi connectivity index (χ1) is 11.5. The standard InChI is InChI=1S/C16H23N5O3/c1-11-13(9-18-21(11)3)15-8-14(19-24-15)16(22)17-5-4-12-10-20(2)6-7-23-12/h8-9,12H,4-7,10H2,1-3H3,(H,17,22)/t12-/m0/s1. The van der Waals surface area contributed by atoms with Crippen LogP contribution >= 0.6 is 0 Å². The van der Waals surface area contributed by atoms with Crippen molar-refractivity contribution in [2.75, 3.05) is 33.3 Å². The lowest BCUT2D eigenvalue weighted by Gasteiger charge is -2.30. The van der Waals surface area contributed by atoms with E-state index in [4.69, 9.17) is 9.26 Å². The van der Waals surface area contributed by atoms with E-state index in [9.17, 15) is 4.79 Å². The molecular weight excluding hydrogens is 310 g/mol. The van der Waals surface area contributed by atoms with Crippen LogP contribution in [0.4, 0.5) is 0 Å². The fourth-order valence-corrected chi connectivity index (χ4v) is 2.73. The number of amides is 1. The lowest BCUT2D eigenvalue weighted by molar-refractivity contribution is -0.0226. The third-order valence-corrected chi connectivity index (χ3v) is 4.34. The van der Waals surface area contributed by atoms with E-state index in [0.717, 1.165) is 37.4 Å². The number of morpholine rings is 1. The molecule has 0 unspecified atom stereocenters. The third kappa shape index (κ3) is 3.65. The van der Waals surface area contributed by atoms with Crippen LogP contribution < -0.4 is 5.32 Å². The van der Waals surface area contributed by atoms with Gasteiger partial charge in [0.05, 0.1) is 24.5 Å². The van der Waals surface area contributed by atoms with Gasteiger partial charge in [0.2, 0.25) is 0 Å². The van der Waals surface area contributed by atoms with Crippen LogP contribution in [0.5, 0.6) is 0 Å². The Morgan fingerprint density at radius 1 is 1.46 bits per heavy atom. The van der Waals surface area contributed by atoms with Crippen molar-refractivity contribution in [3.05, 3.63) is 23.7 Å². The van der Waals surface area contributed by atoms with Crippen LogP contribution in [0.2, 0.25) is 0 Å². The van der Waals surface area contributed by atoms with Crippen molar-refractivity contribution < 1.29 is 14.1 Å². The molecule has 0 radical (unpaired) electrons. The summed E-state index contributed by atoms with van der Waals surface area (Å²) in [5.41, 5.74) is 2.06. The van der Waals surface area contributed by atoms with Gasteiger partial charge < -0.3 is 19.5 Å². The molecule has 0 aromatic carbocycles. The van der Waals surface area contributed by atoms with Crippen molar-refractivity contribution in [3.8, 4) is 11.3 Å². The van der Waals surface area contributed by atoms with Gasteiger partial charge in [0.25, 0.3) is 5.91 Å². The van der Waals surface area contributed by atoms with Gasteiger partial charge in [-0.25, -0.2) is 0 Å². The molecule has 2 aromatic rings. The number of aromatic nitrogens is 3. The summed E-state index contributed by atoms with van der Waals surface area (Å²) in [4.78, 5) is 14.4. The number of hydrogen-bond donors (Lipinski definition) is 1. The monoisotopic (exact) mass is 333 g/mol. The molecule has 3 rings (SSSR count). The molecule has 1 atom stereocenters. The molecule has 0 bridgehead atoms. The summed E-state index contributed by atoms with van der Waals surface area (Å²) in [5.74, 6) is 0.304. The van der Waals surface area contributed by atoms with E-state index in [0.29, 0.717) is 12.3 Å². The second kappa shape index (κ2) is 7.14. The molecule has 1 aliphatic heterocycles. The molecule has 8 heteroatoms. The minimum atomic E-state index is -0.240. The topological polar surface area (TPSA) is 85.4 Å². The number of rotatable bonds is 5. The quantitative estimate of drug-likeness (QED) is 0.872. The van der Waals surface area contributed by atoms with Gasteiger partial charge in [-0.15, -0.1) is 0 Å². The molecule has 8 nitrogen and oxygen atoms in total. The molecule has 130 valence electrons. The highest BCUT2D eigenvalue weighted by Crippen LogP contribution is 2.23. The average Bonchev–Trinajstić information content (AvgIpc) is 3.15. The molecule has 2 aromatic heterocycles. The van der Waals surface area contributed by atoms with E-state index in [-0.39, 0.29) is 17.7 Å². The fourth-order valence-electron chi connectivity index (χ4n) is 2.73. The van der Waals surface area contributed by atoms with Crippen LogP contribution in [0.25, 0.3) is 11.3 Å². The van der Waals surface area contributed by atoms with Gasteiger partial charge >= 0.3 is 0 Å². The van der Waals surface area contributed by atoms with Gasteiger partial charge in [-0.1, -0.05) is 5.16 Å². The number of nitrogens with zero attached hydrogens (tertiary/aromatic N) is 4. The zero-order chi connectivity index (χ0) is 17.1. The van der Waals surface area contributed by atoms with E-state index >= 15 is 0 Å². The molecular formula is C16H23N5O3. The van der Waals surface area contributed by atoms with Crippen molar-refractivity contribution >= 4 is 5.91 Å². The van der Waals surface area contributed by atoms with Gasteiger partial charge in [-0.2, -0.15) is 5.10 Å². The molecule has 0 saturated carbocycles. The summed E-state index contributed by atoms with van der Waals surface area (Å²) in [6, 6.07) is 1.64. The van der Waals surface area contributed by atoms with E-state index in [2.05, 4.69) is 27.5 Å². The number of carbonyl (C=O) groups excluding carboxylic acids is 1. The summed E-state index contributed by atoms with van der Waals surface area (Å²) < 4.78 is 12.7. The maximum Gasteiger partial charge on any atom is 0.273 e. The predicted octanol–water partition coefficient (Wildman–Crippen LogP) is 0.834. The van der Waals surface area contributed by atoms with Crippen molar-refractivity contribution in [2.24, 2.45) is 7.05 Å². The number of ether oxygens (including phenoxy) is 1. The Kier molecular flexibility index (Phi) is 4.96. The molecule has 0 spiro atoms. The van der Waals surface area contributed by atoms with Crippen molar-refractivity contribution in [1.82, 2.24) is 25.2 Å². The highest BCUT2D eigenvalue weighted by atomic mass is 16.5.